The number of rotatable bonds is 2. The number of carbonyl (C=O) groups excluding carboxylic acids is 1. The van der Waals surface area contributed by atoms with E-state index in [1.54, 1.807) is 0 Å². The maximum absolute atomic E-state index is 12.2. The Hall–Kier alpha value is -0.610. The van der Waals surface area contributed by atoms with Gasteiger partial charge in [0.15, 0.2) is 0 Å². The Morgan fingerprint density at radius 2 is 2.12 bits per heavy atom. The summed E-state index contributed by atoms with van der Waals surface area (Å²) in [6, 6.07) is 0. The zero-order chi connectivity index (χ0) is 12.3. The molecule has 98 valence electrons. The lowest BCUT2D eigenvalue weighted by molar-refractivity contribution is -0.148. The first kappa shape index (κ1) is 12.8. The lowest BCUT2D eigenvalue weighted by Gasteiger charge is -2.40. The molecule has 2 heterocycles. The fourth-order valence-corrected chi connectivity index (χ4v) is 2.61. The number of likely N-dealkylation sites (tertiary alicyclic amines) is 1. The zero-order valence-corrected chi connectivity index (χ0v) is 10.8. The highest BCUT2D eigenvalue weighted by molar-refractivity contribution is 5.81. The molecule has 0 aromatic carbocycles. The van der Waals surface area contributed by atoms with Crippen molar-refractivity contribution in [1.82, 2.24) is 4.90 Å². The Morgan fingerprint density at radius 3 is 2.65 bits per heavy atom. The van der Waals surface area contributed by atoms with E-state index in [1.165, 1.54) is 0 Å². The SMILES string of the molecule is CC1(CN)CCN(C(=O)C2CCCCO2)CC1. The largest absolute Gasteiger partial charge is 0.368 e. The molecule has 0 spiro atoms. The minimum atomic E-state index is -0.175. The summed E-state index contributed by atoms with van der Waals surface area (Å²) in [4.78, 5) is 14.2. The van der Waals surface area contributed by atoms with Gasteiger partial charge in [-0.1, -0.05) is 6.92 Å². The summed E-state index contributed by atoms with van der Waals surface area (Å²) in [6.45, 7) is 5.35. The summed E-state index contributed by atoms with van der Waals surface area (Å²) in [5.41, 5.74) is 6.00. The molecule has 0 radical (unpaired) electrons. The molecule has 0 aliphatic carbocycles. The molecular weight excluding hydrogens is 216 g/mol. The van der Waals surface area contributed by atoms with Crippen LogP contribution in [0.4, 0.5) is 0 Å². The topological polar surface area (TPSA) is 55.6 Å². The van der Waals surface area contributed by atoms with E-state index in [1.807, 2.05) is 4.90 Å². The van der Waals surface area contributed by atoms with Gasteiger partial charge in [0.05, 0.1) is 0 Å². The van der Waals surface area contributed by atoms with E-state index in [2.05, 4.69) is 6.92 Å². The maximum atomic E-state index is 12.2. The Balaban J connectivity index is 1.85. The van der Waals surface area contributed by atoms with Crippen LogP contribution in [0, 0.1) is 5.41 Å². The predicted octanol–water partition coefficient (Wildman–Crippen LogP) is 1.14. The van der Waals surface area contributed by atoms with Crippen molar-refractivity contribution in [3.63, 3.8) is 0 Å². The van der Waals surface area contributed by atoms with Gasteiger partial charge < -0.3 is 15.4 Å². The van der Waals surface area contributed by atoms with Gasteiger partial charge in [-0.25, -0.2) is 0 Å². The minimum absolute atomic E-state index is 0.175. The van der Waals surface area contributed by atoms with Gasteiger partial charge in [0.2, 0.25) is 0 Å². The lowest BCUT2D eigenvalue weighted by atomic mass is 9.80. The number of carbonyl (C=O) groups is 1. The summed E-state index contributed by atoms with van der Waals surface area (Å²) >= 11 is 0. The molecule has 2 aliphatic heterocycles. The van der Waals surface area contributed by atoms with Crippen LogP contribution in [0.5, 0.6) is 0 Å². The number of piperidine rings is 1. The fourth-order valence-electron chi connectivity index (χ4n) is 2.61. The van der Waals surface area contributed by atoms with Crippen molar-refractivity contribution in [2.24, 2.45) is 11.1 Å². The van der Waals surface area contributed by atoms with E-state index in [9.17, 15) is 4.79 Å². The van der Waals surface area contributed by atoms with E-state index in [0.717, 1.165) is 58.3 Å². The second-order valence-electron chi connectivity index (χ2n) is 5.70. The maximum Gasteiger partial charge on any atom is 0.251 e. The van der Waals surface area contributed by atoms with Gasteiger partial charge in [0.25, 0.3) is 5.91 Å². The normalized spacial score (nSPS) is 29.1. The smallest absolute Gasteiger partial charge is 0.251 e. The van der Waals surface area contributed by atoms with Crippen LogP contribution in [0.15, 0.2) is 0 Å². The standard InChI is InChI=1S/C13H24N2O2/c1-13(10-14)5-7-15(8-6-13)12(16)11-4-2-3-9-17-11/h11H,2-10,14H2,1H3. The molecule has 1 atom stereocenters. The van der Waals surface area contributed by atoms with Crippen LogP contribution in [0.2, 0.25) is 0 Å². The second kappa shape index (κ2) is 5.36. The molecule has 1 unspecified atom stereocenters. The van der Waals surface area contributed by atoms with Crippen LogP contribution in [0.1, 0.15) is 39.0 Å². The average Bonchev–Trinajstić information content (AvgIpc) is 2.40. The molecule has 2 N–H and O–H groups in total. The van der Waals surface area contributed by atoms with E-state index < -0.39 is 0 Å². The van der Waals surface area contributed by atoms with Crippen LogP contribution in [-0.2, 0) is 9.53 Å². The fraction of sp³-hybridized carbons (Fsp3) is 0.923. The number of nitrogens with two attached hydrogens (primary N) is 1. The third-order valence-electron chi connectivity index (χ3n) is 4.23. The van der Waals surface area contributed by atoms with Gasteiger partial charge in [-0.05, 0) is 44.1 Å². The highest BCUT2D eigenvalue weighted by atomic mass is 16.5. The molecule has 0 aromatic heterocycles. The van der Waals surface area contributed by atoms with Gasteiger partial charge >= 0.3 is 0 Å². The number of amides is 1. The van der Waals surface area contributed by atoms with Crippen LogP contribution in [-0.4, -0.2) is 43.2 Å². The molecule has 0 bridgehead atoms. The Morgan fingerprint density at radius 1 is 1.41 bits per heavy atom. The van der Waals surface area contributed by atoms with Gasteiger partial charge in [-0.15, -0.1) is 0 Å². The van der Waals surface area contributed by atoms with Gasteiger partial charge in [-0.2, -0.15) is 0 Å². The molecule has 4 heteroatoms. The number of ether oxygens (including phenoxy) is 1. The van der Waals surface area contributed by atoms with Crippen molar-refractivity contribution in [1.29, 1.82) is 0 Å². The van der Waals surface area contributed by atoms with Gasteiger partial charge in [0, 0.05) is 19.7 Å². The average molecular weight is 240 g/mol. The van der Waals surface area contributed by atoms with Crippen LogP contribution >= 0.6 is 0 Å². The van der Waals surface area contributed by atoms with E-state index in [0.29, 0.717) is 0 Å². The van der Waals surface area contributed by atoms with E-state index in [-0.39, 0.29) is 17.4 Å². The molecule has 2 saturated heterocycles. The molecule has 0 saturated carbocycles. The van der Waals surface area contributed by atoms with Crippen molar-refractivity contribution in [3.05, 3.63) is 0 Å². The van der Waals surface area contributed by atoms with Crippen molar-refractivity contribution in [3.8, 4) is 0 Å². The monoisotopic (exact) mass is 240 g/mol. The third kappa shape index (κ3) is 2.99. The Labute approximate surface area is 103 Å². The van der Waals surface area contributed by atoms with Crippen LogP contribution in [0.25, 0.3) is 0 Å². The molecule has 17 heavy (non-hydrogen) atoms. The van der Waals surface area contributed by atoms with Crippen molar-refractivity contribution >= 4 is 5.91 Å². The van der Waals surface area contributed by atoms with Crippen LogP contribution < -0.4 is 5.73 Å². The number of hydrogen-bond donors (Lipinski definition) is 1. The lowest BCUT2D eigenvalue weighted by Crippen LogP contribution is -2.49. The zero-order valence-electron chi connectivity index (χ0n) is 10.8. The highest BCUT2D eigenvalue weighted by Crippen LogP contribution is 2.30. The summed E-state index contributed by atoms with van der Waals surface area (Å²) < 4.78 is 5.56. The molecule has 0 aromatic rings. The van der Waals surface area contributed by atoms with Crippen molar-refractivity contribution in [2.45, 2.75) is 45.1 Å². The molecule has 2 aliphatic rings. The molecule has 1 amide bonds. The van der Waals surface area contributed by atoms with Crippen molar-refractivity contribution in [2.75, 3.05) is 26.2 Å². The first-order chi connectivity index (χ1) is 8.14. The third-order valence-corrected chi connectivity index (χ3v) is 4.23. The molecule has 4 nitrogen and oxygen atoms in total. The number of nitrogens with zero attached hydrogens (tertiary/aromatic N) is 1. The summed E-state index contributed by atoms with van der Waals surface area (Å²) in [5, 5.41) is 0. The molecule has 2 fully saturated rings. The van der Waals surface area contributed by atoms with Crippen LogP contribution in [0.3, 0.4) is 0 Å². The van der Waals surface area contributed by atoms with Gasteiger partial charge in [-0.3, -0.25) is 4.79 Å². The quantitative estimate of drug-likeness (QED) is 0.787. The molecular formula is C13H24N2O2. The first-order valence-electron chi connectivity index (χ1n) is 6.75. The van der Waals surface area contributed by atoms with E-state index >= 15 is 0 Å². The highest BCUT2D eigenvalue weighted by Gasteiger charge is 2.33. The first-order valence-corrected chi connectivity index (χ1v) is 6.75. The summed E-state index contributed by atoms with van der Waals surface area (Å²) in [5.74, 6) is 0.198. The Kier molecular flexibility index (Phi) is 4.05. The molecule has 2 rings (SSSR count). The van der Waals surface area contributed by atoms with Crippen molar-refractivity contribution < 1.29 is 9.53 Å². The Bertz CT molecular complexity index is 267. The van der Waals surface area contributed by atoms with Gasteiger partial charge in [0.1, 0.15) is 6.10 Å². The summed E-state index contributed by atoms with van der Waals surface area (Å²) in [6.07, 6.45) is 4.96. The predicted molar refractivity (Wildman–Crippen MR) is 66.6 cm³/mol. The number of hydrogen-bond acceptors (Lipinski definition) is 3. The van der Waals surface area contributed by atoms with E-state index in [4.69, 9.17) is 10.5 Å². The second-order valence-corrected chi connectivity index (χ2v) is 5.70. The minimum Gasteiger partial charge on any atom is -0.368 e. The summed E-state index contributed by atoms with van der Waals surface area (Å²) in [7, 11) is 0.